The highest BCUT2D eigenvalue weighted by atomic mass is 19.1. The Kier molecular flexibility index (Phi) is 6.48. The minimum atomic E-state index is -1.51. The van der Waals surface area contributed by atoms with E-state index in [1.165, 1.54) is 19.1 Å². The number of H-pyrrole nitrogens is 1. The van der Waals surface area contributed by atoms with E-state index in [9.17, 15) is 4.79 Å². The van der Waals surface area contributed by atoms with Crippen LogP contribution in [-0.2, 0) is 12.1 Å². The summed E-state index contributed by atoms with van der Waals surface area (Å²) in [5.74, 6) is 0.953. The van der Waals surface area contributed by atoms with E-state index in [1.807, 2.05) is 6.07 Å². The highest BCUT2D eigenvalue weighted by Gasteiger charge is 2.38. The quantitative estimate of drug-likeness (QED) is 0.510. The summed E-state index contributed by atoms with van der Waals surface area (Å²) in [5.41, 5.74) is 3.27. The number of ether oxygens (including phenoxy) is 1. The zero-order valence-corrected chi connectivity index (χ0v) is 20.7. The molecule has 0 bridgehead atoms. The number of nitrogens with one attached hydrogen (secondary N) is 1. The van der Waals surface area contributed by atoms with E-state index in [4.69, 9.17) is 10.00 Å². The van der Waals surface area contributed by atoms with Gasteiger partial charge in [0.2, 0.25) is 0 Å². The Labute approximate surface area is 210 Å². The van der Waals surface area contributed by atoms with Crippen molar-refractivity contribution < 1.29 is 13.9 Å². The van der Waals surface area contributed by atoms with Crippen LogP contribution in [0, 0.1) is 11.3 Å². The van der Waals surface area contributed by atoms with E-state index in [-0.39, 0.29) is 24.8 Å². The molecule has 1 N–H and O–H groups in total. The maximum Gasteiger partial charge on any atom is 0.335 e. The number of amides is 1. The molecule has 36 heavy (non-hydrogen) atoms. The van der Waals surface area contributed by atoms with Crippen LogP contribution in [0.3, 0.4) is 0 Å². The van der Waals surface area contributed by atoms with Crippen molar-refractivity contribution in [3.63, 3.8) is 0 Å². The van der Waals surface area contributed by atoms with E-state index in [0.29, 0.717) is 41.5 Å². The summed E-state index contributed by atoms with van der Waals surface area (Å²) >= 11 is 0. The number of hydrogen-bond donors (Lipinski definition) is 1. The van der Waals surface area contributed by atoms with E-state index in [1.54, 1.807) is 29.2 Å². The van der Waals surface area contributed by atoms with Gasteiger partial charge in [-0.1, -0.05) is 31.5 Å². The minimum absolute atomic E-state index is 0.0818. The first-order chi connectivity index (χ1) is 17.5. The van der Waals surface area contributed by atoms with Crippen LogP contribution in [0.5, 0.6) is 6.01 Å². The second-order valence-electron chi connectivity index (χ2n) is 9.70. The molecule has 1 amide bonds. The van der Waals surface area contributed by atoms with Crippen molar-refractivity contribution >= 4 is 5.91 Å². The Morgan fingerprint density at radius 2 is 1.97 bits per heavy atom. The number of likely N-dealkylation sites (tertiary alicyclic amines) is 1. The molecule has 8 heteroatoms. The number of carbonyl (C=O) groups excluding carboxylic acids is 1. The lowest BCUT2D eigenvalue weighted by molar-refractivity contribution is 0.0420. The summed E-state index contributed by atoms with van der Waals surface area (Å²) in [7, 11) is 1.52. The molecule has 0 radical (unpaired) electrons. The normalized spacial score (nSPS) is 17.3. The van der Waals surface area contributed by atoms with Crippen molar-refractivity contribution in [3.8, 4) is 23.5 Å². The molecule has 2 heterocycles. The van der Waals surface area contributed by atoms with Crippen LogP contribution in [0.1, 0.15) is 77.6 Å². The van der Waals surface area contributed by atoms with Crippen molar-refractivity contribution in [2.75, 3.05) is 20.2 Å². The predicted octanol–water partition coefficient (Wildman–Crippen LogP) is 5.28. The van der Waals surface area contributed by atoms with Crippen molar-refractivity contribution in [2.45, 2.75) is 57.0 Å². The first-order valence-electron chi connectivity index (χ1n) is 12.6. The fraction of sp³-hybridized carbons (Fsp3) is 0.429. The molecule has 1 aromatic heterocycles. The number of aromatic amines is 1. The van der Waals surface area contributed by atoms with Crippen LogP contribution < -0.4 is 4.74 Å². The van der Waals surface area contributed by atoms with Gasteiger partial charge in [0, 0.05) is 37.1 Å². The van der Waals surface area contributed by atoms with E-state index >= 15 is 4.39 Å². The zero-order valence-electron chi connectivity index (χ0n) is 20.7. The number of aromatic nitrogens is 3. The van der Waals surface area contributed by atoms with Crippen LogP contribution >= 0.6 is 0 Å². The molecule has 1 aliphatic heterocycles. The first-order valence-corrected chi connectivity index (χ1v) is 12.6. The maximum absolute atomic E-state index is 15.8. The molecule has 1 saturated carbocycles. The summed E-state index contributed by atoms with van der Waals surface area (Å²) < 4.78 is 20.9. The lowest BCUT2D eigenvalue weighted by atomic mass is 9.76. The largest absolute Gasteiger partial charge is 0.466 e. The Hall–Kier alpha value is -3.73. The topological polar surface area (TPSA) is 94.9 Å². The number of piperidine rings is 1. The molecule has 2 aromatic carbocycles. The van der Waals surface area contributed by atoms with E-state index < -0.39 is 5.67 Å². The summed E-state index contributed by atoms with van der Waals surface area (Å²) in [4.78, 5) is 19.9. The Balaban J connectivity index is 1.42. The molecule has 1 aliphatic carbocycles. The summed E-state index contributed by atoms with van der Waals surface area (Å²) in [6.07, 6.45) is 4.61. The lowest BCUT2D eigenvalue weighted by Gasteiger charge is -2.37. The molecular formula is C28H30FN5O2. The third kappa shape index (κ3) is 4.34. The number of halogens is 1. The summed E-state index contributed by atoms with van der Waals surface area (Å²) in [6, 6.07) is 13.1. The van der Waals surface area contributed by atoms with Crippen LogP contribution in [0.15, 0.2) is 36.4 Å². The SMILES string of the molecule is CCc1cc(C2CCC2)c(-c2nc(OC)n[nH]2)cc1C(=O)N1CCC(F)(c2ccc(C#N)cc2)CC1. The number of aryl methyl sites for hydroxylation is 1. The fourth-order valence-electron chi connectivity index (χ4n) is 5.24. The first kappa shape index (κ1) is 24.0. The van der Waals surface area contributed by atoms with Gasteiger partial charge in [0.05, 0.1) is 18.7 Å². The number of benzene rings is 2. The van der Waals surface area contributed by atoms with E-state index in [0.717, 1.165) is 30.4 Å². The molecule has 186 valence electrons. The Bertz CT molecular complexity index is 1300. The van der Waals surface area contributed by atoms with Crippen molar-refractivity contribution in [1.29, 1.82) is 5.26 Å². The molecule has 2 aliphatic rings. The standard InChI is InChI=1S/C28H30FN5O2/c1-3-19-15-22(20-5-4-6-20)24(25-31-27(36-2)33-32-25)16-23(19)26(35)34-13-11-28(29,12-14-34)21-9-7-18(17-30)8-10-21/h7-10,15-16,20H,3-6,11-14H2,1-2H3,(H,31,32,33). The van der Waals surface area contributed by atoms with Crippen LogP contribution in [-0.4, -0.2) is 46.2 Å². The van der Waals surface area contributed by atoms with Gasteiger partial charge in [-0.15, -0.1) is 5.10 Å². The third-order valence-electron chi connectivity index (χ3n) is 7.71. The number of hydrogen-bond acceptors (Lipinski definition) is 5. The smallest absolute Gasteiger partial charge is 0.335 e. The summed E-state index contributed by atoms with van der Waals surface area (Å²) in [5, 5.41) is 16.1. The summed E-state index contributed by atoms with van der Waals surface area (Å²) in [6.45, 7) is 2.71. The molecule has 2 fully saturated rings. The average Bonchev–Trinajstić information content (AvgIpc) is 3.37. The van der Waals surface area contributed by atoms with Gasteiger partial charge < -0.3 is 9.64 Å². The number of alkyl halides is 1. The molecule has 5 rings (SSSR count). The molecule has 0 atom stereocenters. The zero-order chi connectivity index (χ0) is 25.3. The number of nitrogens with zero attached hydrogens (tertiary/aromatic N) is 4. The van der Waals surface area contributed by atoms with Gasteiger partial charge in [0.25, 0.3) is 5.91 Å². The highest BCUT2D eigenvalue weighted by Crippen LogP contribution is 2.43. The van der Waals surface area contributed by atoms with E-state index in [2.05, 4.69) is 34.2 Å². The number of methoxy groups -OCH3 is 1. The van der Waals surface area contributed by atoms with Crippen LogP contribution in [0.2, 0.25) is 0 Å². The molecule has 0 unspecified atom stereocenters. The van der Waals surface area contributed by atoms with Gasteiger partial charge in [0.15, 0.2) is 5.82 Å². The van der Waals surface area contributed by atoms with Crippen molar-refractivity contribution in [1.82, 2.24) is 20.1 Å². The average molecular weight is 488 g/mol. The molecular weight excluding hydrogens is 457 g/mol. The highest BCUT2D eigenvalue weighted by molar-refractivity contribution is 5.97. The monoisotopic (exact) mass is 487 g/mol. The number of nitriles is 1. The van der Waals surface area contributed by atoms with Crippen molar-refractivity contribution in [2.24, 2.45) is 0 Å². The van der Waals surface area contributed by atoms with Gasteiger partial charge in [-0.3, -0.25) is 9.89 Å². The van der Waals surface area contributed by atoms with Crippen LogP contribution in [0.25, 0.3) is 11.4 Å². The molecule has 7 nitrogen and oxygen atoms in total. The van der Waals surface area contributed by atoms with Gasteiger partial charge in [-0.25, -0.2) is 4.39 Å². The van der Waals surface area contributed by atoms with Gasteiger partial charge in [-0.05, 0) is 60.1 Å². The third-order valence-corrected chi connectivity index (χ3v) is 7.71. The number of rotatable bonds is 6. The second kappa shape index (κ2) is 9.73. The number of carbonyl (C=O) groups is 1. The maximum atomic E-state index is 15.8. The fourth-order valence-corrected chi connectivity index (χ4v) is 5.24. The van der Waals surface area contributed by atoms with Crippen molar-refractivity contribution in [3.05, 3.63) is 64.2 Å². The van der Waals surface area contributed by atoms with Crippen LogP contribution in [0.4, 0.5) is 4.39 Å². The molecule has 0 spiro atoms. The molecule has 3 aromatic rings. The minimum Gasteiger partial charge on any atom is -0.466 e. The lowest BCUT2D eigenvalue weighted by Crippen LogP contribution is -2.43. The van der Waals surface area contributed by atoms with Gasteiger partial charge >= 0.3 is 6.01 Å². The predicted molar refractivity (Wildman–Crippen MR) is 133 cm³/mol. The van der Waals surface area contributed by atoms with Gasteiger partial charge in [0.1, 0.15) is 5.67 Å². The second-order valence-corrected chi connectivity index (χ2v) is 9.70. The Morgan fingerprint density at radius 1 is 1.25 bits per heavy atom. The molecule has 1 saturated heterocycles. The van der Waals surface area contributed by atoms with Gasteiger partial charge in [-0.2, -0.15) is 10.2 Å². The Morgan fingerprint density at radius 3 is 2.53 bits per heavy atom.